The van der Waals surface area contributed by atoms with Crippen LogP contribution in [0.1, 0.15) is 53.4 Å². The van der Waals surface area contributed by atoms with Gasteiger partial charge in [-0.2, -0.15) is 0 Å². The van der Waals surface area contributed by atoms with Gasteiger partial charge in [0.25, 0.3) is 0 Å². The highest BCUT2D eigenvalue weighted by Crippen LogP contribution is 2.37. The van der Waals surface area contributed by atoms with Gasteiger partial charge in [0.15, 0.2) is 0 Å². The van der Waals surface area contributed by atoms with Crippen LogP contribution in [0.3, 0.4) is 0 Å². The van der Waals surface area contributed by atoms with E-state index in [1.165, 1.54) is 0 Å². The molecular formula is C12H26O3. The van der Waals surface area contributed by atoms with Gasteiger partial charge < -0.3 is 14.9 Å². The van der Waals surface area contributed by atoms with Crippen LogP contribution < -0.4 is 0 Å². The van der Waals surface area contributed by atoms with E-state index in [0.717, 1.165) is 12.8 Å². The van der Waals surface area contributed by atoms with Crippen LogP contribution in [0.2, 0.25) is 0 Å². The van der Waals surface area contributed by atoms with Crippen molar-refractivity contribution >= 4 is 0 Å². The van der Waals surface area contributed by atoms with Crippen molar-refractivity contribution in [1.82, 2.24) is 0 Å². The molecule has 0 heterocycles. The number of aliphatic hydroxyl groups is 2. The maximum Gasteiger partial charge on any atom is 0.0963 e. The lowest BCUT2D eigenvalue weighted by atomic mass is 9.75. The first-order valence-electron chi connectivity index (χ1n) is 6.03. The standard InChI is InChI=1S/C12H26O3/c1-5-11(14,6-2)12(7-3,8-4)15-10-9-13/h13-14H,5-10H2,1-4H3. The maximum absolute atomic E-state index is 10.6. The van der Waals surface area contributed by atoms with Gasteiger partial charge in [0.2, 0.25) is 0 Å². The fourth-order valence-electron chi connectivity index (χ4n) is 2.38. The van der Waals surface area contributed by atoms with E-state index in [1.54, 1.807) is 0 Å². The van der Waals surface area contributed by atoms with Gasteiger partial charge in [-0.1, -0.05) is 27.7 Å². The van der Waals surface area contributed by atoms with Gasteiger partial charge >= 0.3 is 0 Å². The lowest BCUT2D eigenvalue weighted by Crippen LogP contribution is -2.55. The maximum atomic E-state index is 10.6. The summed E-state index contributed by atoms with van der Waals surface area (Å²) < 4.78 is 5.72. The van der Waals surface area contributed by atoms with Crippen molar-refractivity contribution in [2.24, 2.45) is 0 Å². The average molecular weight is 218 g/mol. The summed E-state index contributed by atoms with van der Waals surface area (Å²) in [4.78, 5) is 0. The summed E-state index contributed by atoms with van der Waals surface area (Å²) in [5.41, 5.74) is -1.30. The minimum absolute atomic E-state index is 0.00522. The molecule has 3 heteroatoms. The second kappa shape index (κ2) is 6.46. The van der Waals surface area contributed by atoms with E-state index < -0.39 is 11.2 Å². The molecule has 92 valence electrons. The number of hydrogen-bond donors (Lipinski definition) is 2. The summed E-state index contributed by atoms with van der Waals surface area (Å²) in [6, 6.07) is 0. The smallest absolute Gasteiger partial charge is 0.0963 e. The molecule has 3 nitrogen and oxygen atoms in total. The highest BCUT2D eigenvalue weighted by molar-refractivity contribution is 4.98. The molecule has 0 saturated carbocycles. The van der Waals surface area contributed by atoms with Gasteiger partial charge in [-0.05, 0) is 25.7 Å². The Hall–Kier alpha value is -0.120. The summed E-state index contributed by atoms with van der Waals surface area (Å²) >= 11 is 0. The minimum Gasteiger partial charge on any atom is -0.394 e. The first-order valence-corrected chi connectivity index (χ1v) is 6.03. The number of rotatable bonds is 8. The van der Waals surface area contributed by atoms with Crippen LogP contribution in [0.15, 0.2) is 0 Å². The topological polar surface area (TPSA) is 49.7 Å². The SMILES string of the molecule is CCC(O)(CC)C(CC)(CC)OCCO. The third-order valence-corrected chi connectivity index (χ3v) is 3.63. The molecule has 0 radical (unpaired) electrons. The second-order valence-corrected chi connectivity index (χ2v) is 4.01. The molecule has 15 heavy (non-hydrogen) atoms. The lowest BCUT2D eigenvalue weighted by Gasteiger charge is -2.45. The number of ether oxygens (including phenoxy) is 1. The van der Waals surface area contributed by atoms with Gasteiger partial charge in [0.1, 0.15) is 0 Å². The predicted octanol–water partition coefficient (Wildman–Crippen LogP) is 2.11. The first kappa shape index (κ1) is 14.9. The van der Waals surface area contributed by atoms with Crippen molar-refractivity contribution in [2.75, 3.05) is 13.2 Å². The molecule has 0 unspecified atom stereocenters. The van der Waals surface area contributed by atoms with E-state index in [9.17, 15) is 5.11 Å². The largest absolute Gasteiger partial charge is 0.394 e. The Balaban J connectivity index is 4.87. The van der Waals surface area contributed by atoms with Crippen LogP contribution in [0, 0.1) is 0 Å². The fourth-order valence-corrected chi connectivity index (χ4v) is 2.38. The van der Waals surface area contributed by atoms with Crippen LogP contribution in [0.25, 0.3) is 0 Å². The highest BCUT2D eigenvalue weighted by Gasteiger charge is 2.46. The fraction of sp³-hybridized carbons (Fsp3) is 1.00. The Bertz CT molecular complexity index is 160. The molecule has 0 amide bonds. The first-order chi connectivity index (χ1) is 7.05. The molecule has 0 spiro atoms. The molecule has 0 aromatic heterocycles. The molecule has 0 aliphatic carbocycles. The van der Waals surface area contributed by atoms with Crippen LogP contribution in [-0.2, 0) is 4.74 Å². The van der Waals surface area contributed by atoms with E-state index >= 15 is 0 Å². The molecule has 2 N–H and O–H groups in total. The minimum atomic E-state index is -0.786. The summed E-state index contributed by atoms with van der Waals surface area (Å²) in [6.07, 6.45) is 2.89. The molecule has 0 bridgehead atoms. The van der Waals surface area contributed by atoms with Crippen LogP contribution >= 0.6 is 0 Å². The average Bonchev–Trinajstić information content (AvgIpc) is 2.30. The molecule has 0 atom stereocenters. The Labute approximate surface area is 93.5 Å². The van der Waals surface area contributed by atoms with Gasteiger partial charge in [-0.3, -0.25) is 0 Å². The second-order valence-electron chi connectivity index (χ2n) is 4.01. The molecule has 0 rings (SSSR count). The zero-order valence-corrected chi connectivity index (χ0v) is 10.5. The van der Waals surface area contributed by atoms with Crippen LogP contribution in [0.4, 0.5) is 0 Å². The molecule has 0 aromatic rings. The van der Waals surface area contributed by atoms with E-state index in [1.807, 2.05) is 27.7 Å². The molecule has 0 fully saturated rings. The number of aliphatic hydroxyl groups excluding tert-OH is 1. The Kier molecular flexibility index (Phi) is 6.41. The molecule has 0 aliphatic heterocycles. The van der Waals surface area contributed by atoms with E-state index in [4.69, 9.17) is 9.84 Å². The van der Waals surface area contributed by atoms with Crippen molar-refractivity contribution in [2.45, 2.75) is 64.6 Å². The van der Waals surface area contributed by atoms with E-state index in [-0.39, 0.29) is 6.61 Å². The molecule has 0 aromatic carbocycles. The van der Waals surface area contributed by atoms with Crippen molar-refractivity contribution < 1.29 is 14.9 Å². The van der Waals surface area contributed by atoms with E-state index in [0.29, 0.717) is 19.4 Å². The monoisotopic (exact) mass is 218 g/mol. The predicted molar refractivity (Wildman–Crippen MR) is 61.9 cm³/mol. The lowest BCUT2D eigenvalue weighted by molar-refractivity contribution is -0.195. The van der Waals surface area contributed by atoms with Crippen LogP contribution in [-0.4, -0.2) is 34.6 Å². The van der Waals surface area contributed by atoms with Gasteiger partial charge in [-0.25, -0.2) is 0 Å². The quantitative estimate of drug-likeness (QED) is 0.656. The van der Waals surface area contributed by atoms with Gasteiger partial charge in [0, 0.05) is 0 Å². The summed E-state index contributed by atoms with van der Waals surface area (Å²) in [5, 5.41) is 19.4. The zero-order valence-electron chi connectivity index (χ0n) is 10.5. The molecular weight excluding hydrogens is 192 g/mol. The highest BCUT2D eigenvalue weighted by atomic mass is 16.5. The normalized spacial score (nSPS) is 13.2. The molecule has 0 aliphatic rings. The third-order valence-electron chi connectivity index (χ3n) is 3.63. The zero-order chi connectivity index (χ0) is 11.9. The Morgan fingerprint density at radius 3 is 1.67 bits per heavy atom. The van der Waals surface area contributed by atoms with Gasteiger partial charge in [0.05, 0.1) is 24.4 Å². The van der Waals surface area contributed by atoms with Crippen LogP contribution in [0.5, 0.6) is 0 Å². The summed E-state index contributed by atoms with van der Waals surface area (Å²) in [7, 11) is 0. The number of hydrogen-bond acceptors (Lipinski definition) is 3. The van der Waals surface area contributed by atoms with Crippen molar-refractivity contribution in [3.8, 4) is 0 Å². The van der Waals surface area contributed by atoms with E-state index in [2.05, 4.69) is 0 Å². The summed E-state index contributed by atoms with van der Waals surface area (Å²) in [5.74, 6) is 0. The Morgan fingerprint density at radius 1 is 0.933 bits per heavy atom. The molecule has 0 saturated heterocycles. The third kappa shape index (κ3) is 2.92. The van der Waals surface area contributed by atoms with Crippen molar-refractivity contribution in [1.29, 1.82) is 0 Å². The van der Waals surface area contributed by atoms with Gasteiger partial charge in [-0.15, -0.1) is 0 Å². The summed E-state index contributed by atoms with van der Waals surface area (Å²) in [6.45, 7) is 8.31. The Morgan fingerprint density at radius 2 is 1.40 bits per heavy atom. The van der Waals surface area contributed by atoms with Crippen molar-refractivity contribution in [3.63, 3.8) is 0 Å². The van der Waals surface area contributed by atoms with Crippen molar-refractivity contribution in [3.05, 3.63) is 0 Å².